The monoisotopic (exact) mass is 292 g/mol. The third-order valence-electron chi connectivity index (χ3n) is 5.07. The fourth-order valence-electron chi connectivity index (χ4n) is 3.85. The Kier molecular flexibility index (Phi) is 4.23. The molecule has 1 aromatic carbocycles. The SMILES string of the molecule is CCC1CNC2(CCCCC2)CN1c1ccccc1Cl. The summed E-state index contributed by atoms with van der Waals surface area (Å²) in [6, 6.07) is 8.86. The maximum atomic E-state index is 6.45. The van der Waals surface area contributed by atoms with Gasteiger partial charge in [-0.1, -0.05) is 49.9 Å². The molecule has 1 atom stereocenters. The predicted octanol–water partition coefficient (Wildman–Crippen LogP) is 4.23. The summed E-state index contributed by atoms with van der Waals surface area (Å²) in [5, 5.41) is 4.76. The van der Waals surface area contributed by atoms with Gasteiger partial charge in [-0.25, -0.2) is 0 Å². The average Bonchev–Trinajstić information content (AvgIpc) is 2.49. The lowest BCUT2D eigenvalue weighted by atomic mass is 9.79. The van der Waals surface area contributed by atoms with Crippen molar-refractivity contribution in [3.63, 3.8) is 0 Å². The van der Waals surface area contributed by atoms with Crippen LogP contribution in [0.2, 0.25) is 5.02 Å². The molecule has 1 saturated heterocycles. The molecule has 1 aliphatic heterocycles. The zero-order chi connectivity index (χ0) is 14.0. The van der Waals surface area contributed by atoms with Crippen molar-refractivity contribution in [3.05, 3.63) is 29.3 Å². The Balaban J connectivity index is 1.87. The maximum absolute atomic E-state index is 6.45. The molecule has 0 amide bonds. The molecule has 1 aliphatic carbocycles. The van der Waals surface area contributed by atoms with Crippen molar-refractivity contribution < 1.29 is 0 Å². The van der Waals surface area contributed by atoms with E-state index in [0.29, 0.717) is 11.6 Å². The maximum Gasteiger partial charge on any atom is 0.0639 e. The first-order valence-corrected chi connectivity index (χ1v) is 8.38. The zero-order valence-electron chi connectivity index (χ0n) is 12.4. The van der Waals surface area contributed by atoms with Crippen LogP contribution >= 0.6 is 11.6 Å². The molecule has 0 bridgehead atoms. The summed E-state index contributed by atoms with van der Waals surface area (Å²) >= 11 is 6.45. The quantitative estimate of drug-likeness (QED) is 0.877. The number of halogens is 1. The molecule has 1 unspecified atom stereocenters. The summed E-state index contributed by atoms with van der Waals surface area (Å²) in [5.41, 5.74) is 1.54. The van der Waals surface area contributed by atoms with E-state index in [1.54, 1.807) is 0 Å². The van der Waals surface area contributed by atoms with E-state index in [-0.39, 0.29) is 0 Å². The number of nitrogens with one attached hydrogen (secondary N) is 1. The van der Waals surface area contributed by atoms with Crippen molar-refractivity contribution in [1.29, 1.82) is 0 Å². The minimum atomic E-state index is 0.323. The summed E-state index contributed by atoms with van der Waals surface area (Å²) in [6.07, 6.45) is 7.90. The zero-order valence-corrected chi connectivity index (χ0v) is 13.1. The highest BCUT2D eigenvalue weighted by molar-refractivity contribution is 6.33. The molecule has 2 nitrogen and oxygen atoms in total. The van der Waals surface area contributed by atoms with E-state index in [9.17, 15) is 0 Å². The summed E-state index contributed by atoms with van der Waals surface area (Å²) in [6.45, 7) is 4.46. The summed E-state index contributed by atoms with van der Waals surface area (Å²) in [5.74, 6) is 0. The van der Waals surface area contributed by atoms with E-state index in [1.807, 2.05) is 12.1 Å². The Morgan fingerprint density at radius 2 is 2.00 bits per heavy atom. The minimum absolute atomic E-state index is 0.323. The lowest BCUT2D eigenvalue weighted by Gasteiger charge is -2.50. The van der Waals surface area contributed by atoms with Gasteiger partial charge >= 0.3 is 0 Å². The van der Waals surface area contributed by atoms with Gasteiger partial charge in [-0.05, 0) is 31.4 Å². The van der Waals surface area contributed by atoms with Crippen LogP contribution in [0.3, 0.4) is 0 Å². The molecular weight excluding hydrogens is 268 g/mol. The van der Waals surface area contributed by atoms with Crippen molar-refractivity contribution in [3.8, 4) is 0 Å². The van der Waals surface area contributed by atoms with Gasteiger partial charge in [0, 0.05) is 24.7 Å². The van der Waals surface area contributed by atoms with Crippen LogP contribution in [-0.4, -0.2) is 24.7 Å². The molecule has 20 heavy (non-hydrogen) atoms. The first-order chi connectivity index (χ1) is 9.74. The number of para-hydroxylation sites is 1. The van der Waals surface area contributed by atoms with Gasteiger partial charge in [-0.2, -0.15) is 0 Å². The molecule has 3 rings (SSSR count). The van der Waals surface area contributed by atoms with Crippen molar-refractivity contribution >= 4 is 17.3 Å². The number of hydrogen-bond donors (Lipinski definition) is 1. The lowest BCUT2D eigenvalue weighted by molar-refractivity contribution is 0.196. The van der Waals surface area contributed by atoms with E-state index in [4.69, 9.17) is 11.6 Å². The van der Waals surface area contributed by atoms with Gasteiger partial charge in [-0.15, -0.1) is 0 Å². The van der Waals surface area contributed by atoms with E-state index >= 15 is 0 Å². The number of nitrogens with zero attached hydrogens (tertiary/aromatic N) is 1. The van der Waals surface area contributed by atoms with Crippen molar-refractivity contribution in [2.24, 2.45) is 0 Å². The van der Waals surface area contributed by atoms with Gasteiger partial charge in [0.15, 0.2) is 0 Å². The molecule has 0 aromatic heterocycles. The molecule has 110 valence electrons. The van der Waals surface area contributed by atoms with Gasteiger partial charge in [0.25, 0.3) is 0 Å². The Morgan fingerprint density at radius 1 is 1.25 bits per heavy atom. The second-order valence-electron chi connectivity index (χ2n) is 6.36. The molecular formula is C17H25ClN2. The average molecular weight is 293 g/mol. The first kappa shape index (κ1) is 14.2. The first-order valence-electron chi connectivity index (χ1n) is 8.00. The Bertz CT molecular complexity index is 454. The van der Waals surface area contributed by atoms with Gasteiger partial charge in [0.2, 0.25) is 0 Å². The highest BCUT2D eigenvalue weighted by atomic mass is 35.5. The van der Waals surface area contributed by atoms with Gasteiger partial charge in [0.1, 0.15) is 0 Å². The van der Waals surface area contributed by atoms with Gasteiger partial charge < -0.3 is 10.2 Å². The van der Waals surface area contributed by atoms with Crippen LogP contribution in [0, 0.1) is 0 Å². The number of benzene rings is 1. The molecule has 0 radical (unpaired) electrons. The lowest BCUT2D eigenvalue weighted by Crippen LogP contribution is -2.65. The van der Waals surface area contributed by atoms with E-state index in [2.05, 4.69) is 29.3 Å². The van der Waals surface area contributed by atoms with E-state index < -0.39 is 0 Å². The van der Waals surface area contributed by atoms with E-state index in [0.717, 1.165) is 24.5 Å². The molecule has 2 aliphatic rings. The van der Waals surface area contributed by atoms with Crippen LogP contribution in [0.1, 0.15) is 45.4 Å². The Labute approximate surface area is 127 Å². The van der Waals surface area contributed by atoms with Crippen molar-refractivity contribution in [2.45, 2.75) is 57.0 Å². The third-order valence-corrected chi connectivity index (χ3v) is 5.39. The minimum Gasteiger partial charge on any atom is -0.364 e. The molecule has 1 aromatic rings. The summed E-state index contributed by atoms with van der Waals surface area (Å²) < 4.78 is 0. The highest BCUT2D eigenvalue weighted by Crippen LogP contribution is 2.36. The fourth-order valence-corrected chi connectivity index (χ4v) is 4.09. The summed E-state index contributed by atoms with van der Waals surface area (Å²) in [4.78, 5) is 2.56. The number of rotatable bonds is 2. The largest absolute Gasteiger partial charge is 0.364 e. The highest BCUT2D eigenvalue weighted by Gasteiger charge is 2.39. The number of hydrogen-bond acceptors (Lipinski definition) is 2. The van der Waals surface area contributed by atoms with Gasteiger partial charge in [0.05, 0.1) is 10.7 Å². The standard InChI is InChI=1S/C17H25ClN2/c1-2-14-12-19-17(10-6-3-7-11-17)13-20(14)16-9-5-4-8-15(16)18/h4-5,8-9,14,19H,2-3,6-7,10-13H2,1H3. The Hall–Kier alpha value is -0.730. The van der Waals surface area contributed by atoms with Crippen molar-refractivity contribution in [1.82, 2.24) is 5.32 Å². The van der Waals surface area contributed by atoms with Crippen LogP contribution in [0.25, 0.3) is 0 Å². The molecule has 1 heterocycles. The fraction of sp³-hybridized carbons (Fsp3) is 0.647. The van der Waals surface area contributed by atoms with E-state index in [1.165, 1.54) is 37.8 Å². The van der Waals surface area contributed by atoms with Crippen LogP contribution in [0.15, 0.2) is 24.3 Å². The van der Waals surface area contributed by atoms with Crippen LogP contribution in [0.4, 0.5) is 5.69 Å². The molecule has 3 heteroatoms. The number of piperazine rings is 1. The Morgan fingerprint density at radius 3 is 2.70 bits per heavy atom. The molecule has 1 saturated carbocycles. The van der Waals surface area contributed by atoms with Crippen LogP contribution in [0.5, 0.6) is 0 Å². The molecule has 1 spiro atoms. The van der Waals surface area contributed by atoms with Crippen LogP contribution in [-0.2, 0) is 0 Å². The van der Waals surface area contributed by atoms with Crippen LogP contribution < -0.4 is 10.2 Å². The molecule has 1 N–H and O–H groups in total. The normalized spacial score (nSPS) is 25.9. The smallest absolute Gasteiger partial charge is 0.0639 e. The van der Waals surface area contributed by atoms with Gasteiger partial charge in [-0.3, -0.25) is 0 Å². The number of anilines is 1. The van der Waals surface area contributed by atoms with Crippen molar-refractivity contribution in [2.75, 3.05) is 18.0 Å². The topological polar surface area (TPSA) is 15.3 Å². The second-order valence-corrected chi connectivity index (χ2v) is 6.77. The predicted molar refractivity (Wildman–Crippen MR) is 86.7 cm³/mol. The second kappa shape index (κ2) is 5.95. The summed E-state index contributed by atoms with van der Waals surface area (Å²) in [7, 11) is 0. The molecule has 2 fully saturated rings. The third kappa shape index (κ3) is 2.68.